The summed E-state index contributed by atoms with van der Waals surface area (Å²) in [5.41, 5.74) is 0.270. The van der Waals surface area contributed by atoms with E-state index in [2.05, 4.69) is 23.8 Å². The minimum atomic E-state index is -0.408. The van der Waals surface area contributed by atoms with Crippen LogP contribution in [0.4, 0.5) is 0 Å². The van der Waals surface area contributed by atoms with E-state index < -0.39 is 5.69 Å². The first-order valence-electron chi connectivity index (χ1n) is 10.4. The zero-order chi connectivity index (χ0) is 19.6. The number of aromatic amines is 1. The Morgan fingerprint density at radius 1 is 0.926 bits per heavy atom. The van der Waals surface area contributed by atoms with Crippen molar-refractivity contribution in [1.29, 1.82) is 0 Å². The summed E-state index contributed by atoms with van der Waals surface area (Å²) < 4.78 is 3.44. The average molecular weight is 395 g/mol. The molecule has 0 radical (unpaired) electrons. The van der Waals surface area contributed by atoms with Crippen molar-refractivity contribution in [2.24, 2.45) is 7.05 Å². The van der Waals surface area contributed by atoms with Crippen LogP contribution in [0.3, 0.4) is 0 Å². The van der Waals surface area contributed by atoms with E-state index >= 15 is 0 Å². The summed E-state index contributed by atoms with van der Waals surface area (Å²) >= 11 is 1.71. The molecule has 2 rings (SSSR count). The van der Waals surface area contributed by atoms with Crippen LogP contribution in [0, 0.1) is 0 Å². The molecule has 0 aliphatic carbocycles. The van der Waals surface area contributed by atoms with Crippen molar-refractivity contribution in [3.8, 4) is 0 Å². The zero-order valence-corrected chi connectivity index (χ0v) is 17.9. The second-order valence-corrected chi connectivity index (χ2v) is 8.28. The maximum Gasteiger partial charge on any atom is 0.329 e. The van der Waals surface area contributed by atoms with Crippen LogP contribution in [0.2, 0.25) is 0 Å². The number of unbranched alkanes of at least 4 members (excludes halogenated alkanes) is 8. The van der Waals surface area contributed by atoms with Gasteiger partial charge >= 0.3 is 5.69 Å². The highest BCUT2D eigenvalue weighted by Crippen LogP contribution is 2.23. The molecule has 152 valence electrons. The smallest absolute Gasteiger partial charge is 0.313 e. The Labute approximate surface area is 165 Å². The molecule has 27 heavy (non-hydrogen) atoms. The number of aromatic nitrogens is 4. The van der Waals surface area contributed by atoms with Crippen molar-refractivity contribution >= 4 is 22.9 Å². The summed E-state index contributed by atoms with van der Waals surface area (Å²) in [5.74, 6) is 0.997. The van der Waals surface area contributed by atoms with Crippen molar-refractivity contribution in [2.45, 2.75) is 89.8 Å². The van der Waals surface area contributed by atoms with E-state index in [-0.39, 0.29) is 5.56 Å². The Morgan fingerprint density at radius 3 is 2.26 bits per heavy atom. The number of fused-ring (bicyclic) bond motifs is 1. The molecule has 0 saturated heterocycles. The molecule has 2 heterocycles. The number of nitrogens with zero attached hydrogens (tertiary/aromatic N) is 3. The van der Waals surface area contributed by atoms with Crippen LogP contribution in [0.15, 0.2) is 14.7 Å². The summed E-state index contributed by atoms with van der Waals surface area (Å²) in [6.07, 6.45) is 12.2. The second kappa shape index (κ2) is 11.4. The van der Waals surface area contributed by atoms with Crippen molar-refractivity contribution in [2.75, 3.05) is 5.75 Å². The predicted octanol–water partition coefficient (Wildman–Crippen LogP) is 4.46. The van der Waals surface area contributed by atoms with E-state index in [0.29, 0.717) is 11.2 Å². The van der Waals surface area contributed by atoms with Gasteiger partial charge in [-0.15, -0.1) is 0 Å². The minimum Gasteiger partial charge on any atom is -0.313 e. The topological polar surface area (TPSA) is 72.7 Å². The van der Waals surface area contributed by atoms with Gasteiger partial charge in [0.25, 0.3) is 5.56 Å². The van der Waals surface area contributed by atoms with Gasteiger partial charge in [-0.2, -0.15) is 0 Å². The summed E-state index contributed by atoms with van der Waals surface area (Å²) in [7, 11) is 1.66. The number of H-pyrrole nitrogens is 1. The maximum atomic E-state index is 12.4. The molecule has 6 nitrogen and oxygen atoms in total. The SMILES string of the molecule is CCCCCCCCCSc1nc2c(c(=O)[nH]c(=O)n2C)n1CCCCC. The number of nitrogens with one attached hydrogen (secondary N) is 1. The van der Waals surface area contributed by atoms with Gasteiger partial charge in [-0.05, 0) is 12.8 Å². The first kappa shape index (κ1) is 21.8. The lowest BCUT2D eigenvalue weighted by molar-refractivity contribution is 0.577. The van der Waals surface area contributed by atoms with Gasteiger partial charge < -0.3 is 4.57 Å². The zero-order valence-electron chi connectivity index (χ0n) is 17.1. The normalized spacial score (nSPS) is 11.5. The quantitative estimate of drug-likeness (QED) is 0.402. The van der Waals surface area contributed by atoms with Gasteiger partial charge in [0, 0.05) is 19.3 Å². The Hall–Kier alpha value is -1.50. The fourth-order valence-electron chi connectivity index (χ4n) is 3.27. The fraction of sp³-hybridized carbons (Fsp3) is 0.750. The largest absolute Gasteiger partial charge is 0.329 e. The Balaban J connectivity index is 2.06. The number of hydrogen-bond donors (Lipinski definition) is 1. The minimum absolute atomic E-state index is 0.333. The first-order chi connectivity index (χ1) is 13.1. The number of aryl methyl sites for hydroxylation is 2. The van der Waals surface area contributed by atoms with Crippen LogP contribution in [0.25, 0.3) is 11.2 Å². The summed E-state index contributed by atoms with van der Waals surface area (Å²) in [6, 6.07) is 0. The number of thioether (sulfide) groups is 1. The summed E-state index contributed by atoms with van der Waals surface area (Å²) in [5, 5.41) is 0.860. The molecular formula is C20H34N4O2S. The molecule has 0 aliphatic heterocycles. The van der Waals surface area contributed by atoms with Crippen molar-refractivity contribution in [3.05, 3.63) is 20.8 Å². The van der Waals surface area contributed by atoms with E-state index in [1.165, 1.54) is 43.1 Å². The number of hydrogen-bond acceptors (Lipinski definition) is 4. The van der Waals surface area contributed by atoms with Gasteiger partial charge in [0.2, 0.25) is 0 Å². The standard InChI is InChI=1S/C20H34N4O2S/c1-4-6-8-9-10-11-13-15-27-20-21-17-16(24(20)14-12-7-5-2)18(25)22-19(26)23(17)3/h4-15H2,1-3H3,(H,22,25,26). The molecule has 2 aromatic rings. The lowest BCUT2D eigenvalue weighted by Crippen LogP contribution is -2.29. The lowest BCUT2D eigenvalue weighted by Gasteiger charge is -2.08. The molecule has 0 amide bonds. The molecule has 0 atom stereocenters. The molecule has 0 bridgehead atoms. The molecule has 0 aliphatic rings. The Bertz CT molecular complexity index is 822. The van der Waals surface area contributed by atoms with Crippen LogP contribution in [-0.2, 0) is 13.6 Å². The van der Waals surface area contributed by atoms with E-state index in [1.54, 1.807) is 18.8 Å². The van der Waals surface area contributed by atoms with E-state index in [0.717, 1.165) is 43.1 Å². The third-order valence-electron chi connectivity index (χ3n) is 4.94. The van der Waals surface area contributed by atoms with Gasteiger partial charge in [-0.25, -0.2) is 9.78 Å². The molecule has 0 aromatic carbocycles. The van der Waals surface area contributed by atoms with Crippen molar-refractivity contribution < 1.29 is 0 Å². The van der Waals surface area contributed by atoms with Crippen LogP contribution >= 0.6 is 11.8 Å². The van der Waals surface area contributed by atoms with Gasteiger partial charge in [0.05, 0.1) is 0 Å². The van der Waals surface area contributed by atoms with E-state index in [1.807, 2.05) is 4.57 Å². The predicted molar refractivity (Wildman–Crippen MR) is 114 cm³/mol. The molecule has 0 saturated carbocycles. The van der Waals surface area contributed by atoms with Crippen molar-refractivity contribution in [1.82, 2.24) is 19.1 Å². The van der Waals surface area contributed by atoms with Gasteiger partial charge in [0.15, 0.2) is 16.3 Å². The summed E-state index contributed by atoms with van der Waals surface area (Å²) in [6.45, 7) is 5.17. The number of rotatable bonds is 13. The second-order valence-electron chi connectivity index (χ2n) is 7.21. The van der Waals surface area contributed by atoms with E-state index in [9.17, 15) is 9.59 Å². The monoisotopic (exact) mass is 394 g/mol. The molecule has 0 unspecified atom stereocenters. The van der Waals surface area contributed by atoms with E-state index in [4.69, 9.17) is 0 Å². The van der Waals surface area contributed by atoms with Gasteiger partial charge in [-0.1, -0.05) is 77.0 Å². The van der Waals surface area contributed by atoms with Crippen LogP contribution < -0.4 is 11.2 Å². The van der Waals surface area contributed by atoms with Crippen molar-refractivity contribution in [3.63, 3.8) is 0 Å². The molecule has 2 aromatic heterocycles. The molecule has 7 heteroatoms. The Kier molecular flexibility index (Phi) is 9.18. The third-order valence-corrected chi connectivity index (χ3v) is 6.00. The van der Waals surface area contributed by atoms with Crippen LogP contribution in [-0.4, -0.2) is 24.9 Å². The average Bonchev–Trinajstić information content (AvgIpc) is 3.01. The molecular weight excluding hydrogens is 360 g/mol. The van der Waals surface area contributed by atoms with Gasteiger partial charge in [0.1, 0.15) is 0 Å². The highest BCUT2D eigenvalue weighted by molar-refractivity contribution is 7.99. The highest BCUT2D eigenvalue weighted by atomic mass is 32.2. The lowest BCUT2D eigenvalue weighted by atomic mass is 10.1. The molecule has 1 N–H and O–H groups in total. The third kappa shape index (κ3) is 5.99. The first-order valence-corrected chi connectivity index (χ1v) is 11.4. The van der Waals surface area contributed by atoms with Gasteiger partial charge in [-0.3, -0.25) is 14.3 Å². The highest BCUT2D eigenvalue weighted by Gasteiger charge is 2.17. The van der Waals surface area contributed by atoms with Crippen LogP contribution in [0.1, 0.15) is 78.1 Å². The molecule has 0 spiro atoms. The molecule has 0 fully saturated rings. The Morgan fingerprint density at radius 2 is 1.56 bits per heavy atom. The summed E-state index contributed by atoms with van der Waals surface area (Å²) in [4.78, 5) is 31.3. The fourth-order valence-corrected chi connectivity index (χ4v) is 4.30. The number of imidazole rings is 1. The maximum absolute atomic E-state index is 12.4. The van der Waals surface area contributed by atoms with Crippen LogP contribution in [0.5, 0.6) is 0 Å².